The maximum atomic E-state index is 12.5. The van der Waals surface area contributed by atoms with Gasteiger partial charge in [-0.1, -0.05) is 18.2 Å². The molecule has 6 heteroatoms. The quantitative estimate of drug-likeness (QED) is 0.445. The summed E-state index contributed by atoms with van der Waals surface area (Å²) in [6.45, 7) is 5.96. The van der Waals surface area contributed by atoms with Gasteiger partial charge in [-0.05, 0) is 44.2 Å². The molecular formula is C20H30N4O2. The molecule has 1 fully saturated rings. The molecule has 0 aliphatic carbocycles. The summed E-state index contributed by atoms with van der Waals surface area (Å²) < 4.78 is 5.61. The molecule has 2 N–H and O–H groups in total. The number of amides is 1. The second-order valence-electron chi connectivity index (χ2n) is 6.81. The number of carbonyl (C=O) groups is 1. The van der Waals surface area contributed by atoms with Gasteiger partial charge in [0.1, 0.15) is 0 Å². The Kier molecular flexibility index (Phi) is 6.89. The van der Waals surface area contributed by atoms with E-state index in [2.05, 4.69) is 28.6 Å². The molecule has 1 aromatic carbocycles. The topological polar surface area (TPSA) is 66.0 Å². The van der Waals surface area contributed by atoms with Crippen LogP contribution in [0.5, 0.6) is 0 Å². The summed E-state index contributed by atoms with van der Waals surface area (Å²) in [5.74, 6) is 1.01. The van der Waals surface area contributed by atoms with Crippen LogP contribution in [0.3, 0.4) is 0 Å². The van der Waals surface area contributed by atoms with Crippen LogP contribution in [-0.4, -0.2) is 50.8 Å². The number of aliphatic imine (C=N–C) groups is 1. The van der Waals surface area contributed by atoms with E-state index in [0.717, 1.165) is 63.6 Å². The van der Waals surface area contributed by atoms with E-state index in [1.807, 2.05) is 23.1 Å². The van der Waals surface area contributed by atoms with Crippen molar-refractivity contribution in [1.82, 2.24) is 10.6 Å². The predicted octanol–water partition coefficient (Wildman–Crippen LogP) is 2.09. The first-order valence-corrected chi connectivity index (χ1v) is 9.80. The minimum atomic E-state index is 0.207. The number of para-hydroxylation sites is 1. The molecule has 142 valence electrons. The van der Waals surface area contributed by atoms with Crippen molar-refractivity contribution >= 4 is 17.6 Å². The zero-order valence-corrected chi connectivity index (χ0v) is 15.7. The number of fused-ring (bicyclic) bond motifs is 1. The highest BCUT2D eigenvalue weighted by Gasteiger charge is 2.23. The first kappa shape index (κ1) is 18.7. The summed E-state index contributed by atoms with van der Waals surface area (Å²) in [7, 11) is 0. The van der Waals surface area contributed by atoms with Crippen molar-refractivity contribution in [2.45, 2.75) is 45.1 Å². The monoisotopic (exact) mass is 358 g/mol. The van der Waals surface area contributed by atoms with E-state index in [-0.39, 0.29) is 12.0 Å². The minimum Gasteiger partial charge on any atom is -0.376 e. The second kappa shape index (κ2) is 9.57. The van der Waals surface area contributed by atoms with Crippen molar-refractivity contribution in [3.63, 3.8) is 0 Å². The van der Waals surface area contributed by atoms with Gasteiger partial charge in [-0.2, -0.15) is 0 Å². The van der Waals surface area contributed by atoms with Crippen LogP contribution in [0.1, 0.15) is 38.2 Å². The molecule has 2 heterocycles. The van der Waals surface area contributed by atoms with Gasteiger partial charge in [0.05, 0.1) is 12.6 Å². The van der Waals surface area contributed by atoms with Crippen LogP contribution in [0.15, 0.2) is 29.3 Å². The van der Waals surface area contributed by atoms with E-state index in [9.17, 15) is 4.79 Å². The lowest BCUT2D eigenvalue weighted by atomic mass is 10.2. The Morgan fingerprint density at radius 3 is 3.04 bits per heavy atom. The average molecular weight is 358 g/mol. The predicted molar refractivity (Wildman–Crippen MR) is 105 cm³/mol. The molecule has 0 aromatic heterocycles. The number of ether oxygens (including phenoxy) is 1. The molecule has 1 amide bonds. The molecule has 1 saturated heterocycles. The number of benzene rings is 1. The van der Waals surface area contributed by atoms with Gasteiger partial charge in [0, 0.05) is 38.3 Å². The number of rotatable bonds is 7. The number of hydrogen-bond donors (Lipinski definition) is 2. The van der Waals surface area contributed by atoms with Crippen molar-refractivity contribution in [2.75, 3.05) is 37.7 Å². The molecule has 2 aliphatic rings. The number of guanidine groups is 1. The summed E-state index contributed by atoms with van der Waals surface area (Å²) in [5.41, 5.74) is 2.35. The highest BCUT2D eigenvalue weighted by Crippen LogP contribution is 2.27. The number of carbonyl (C=O) groups excluding carboxylic acids is 1. The third kappa shape index (κ3) is 4.97. The lowest BCUT2D eigenvalue weighted by Gasteiger charge is -2.17. The molecule has 0 bridgehead atoms. The van der Waals surface area contributed by atoms with Gasteiger partial charge >= 0.3 is 0 Å². The van der Waals surface area contributed by atoms with Gasteiger partial charge in [-0.25, -0.2) is 0 Å². The Morgan fingerprint density at radius 1 is 1.35 bits per heavy atom. The minimum absolute atomic E-state index is 0.207. The van der Waals surface area contributed by atoms with Crippen molar-refractivity contribution in [3.8, 4) is 0 Å². The highest BCUT2D eigenvalue weighted by molar-refractivity contribution is 5.95. The fraction of sp³-hybridized carbons (Fsp3) is 0.600. The van der Waals surface area contributed by atoms with Crippen LogP contribution in [0.4, 0.5) is 5.69 Å². The Balaban J connectivity index is 1.40. The lowest BCUT2D eigenvalue weighted by Crippen LogP contribution is -2.39. The maximum absolute atomic E-state index is 12.5. The fourth-order valence-corrected chi connectivity index (χ4v) is 3.50. The summed E-state index contributed by atoms with van der Waals surface area (Å²) in [4.78, 5) is 19.0. The molecular weight excluding hydrogens is 328 g/mol. The molecule has 26 heavy (non-hydrogen) atoms. The fourth-order valence-electron chi connectivity index (χ4n) is 3.50. The van der Waals surface area contributed by atoms with Crippen molar-refractivity contribution in [2.24, 2.45) is 4.99 Å². The first-order chi connectivity index (χ1) is 12.8. The number of hydrogen-bond acceptors (Lipinski definition) is 3. The molecule has 0 spiro atoms. The molecule has 1 unspecified atom stereocenters. The van der Waals surface area contributed by atoms with Crippen LogP contribution in [0.25, 0.3) is 0 Å². The number of nitrogens with zero attached hydrogens (tertiary/aromatic N) is 2. The largest absolute Gasteiger partial charge is 0.376 e. The molecule has 6 nitrogen and oxygen atoms in total. The zero-order valence-electron chi connectivity index (χ0n) is 15.7. The molecule has 2 aliphatic heterocycles. The van der Waals surface area contributed by atoms with Crippen molar-refractivity contribution in [1.29, 1.82) is 0 Å². The van der Waals surface area contributed by atoms with Crippen LogP contribution >= 0.6 is 0 Å². The Morgan fingerprint density at radius 2 is 2.23 bits per heavy atom. The maximum Gasteiger partial charge on any atom is 0.227 e. The average Bonchev–Trinajstić information content (AvgIpc) is 3.32. The summed E-state index contributed by atoms with van der Waals surface area (Å²) in [6.07, 6.45) is 4.78. The Hall–Kier alpha value is -2.08. The van der Waals surface area contributed by atoms with Crippen LogP contribution < -0.4 is 15.5 Å². The van der Waals surface area contributed by atoms with Crippen LogP contribution in [0, 0.1) is 0 Å². The zero-order chi connectivity index (χ0) is 18.2. The van der Waals surface area contributed by atoms with Crippen LogP contribution in [-0.2, 0) is 16.0 Å². The van der Waals surface area contributed by atoms with Crippen molar-refractivity contribution in [3.05, 3.63) is 29.8 Å². The summed E-state index contributed by atoms with van der Waals surface area (Å²) in [6, 6.07) is 8.19. The SMILES string of the molecule is CCNC(=NCC1CCCO1)NCCCC(=O)N1CCc2ccccc21. The van der Waals surface area contributed by atoms with Crippen molar-refractivity contribution < 1.29 is 9.53 Å². The van der Waals surface area contributed by atoms with E-state index in [1.54, 1.807) is 0 Å². The van der Waals surface area contributed by atoms with E-state index in [0.29, 0.717) is 13.0 Å². The van der Waals surface area contributed by atoms with Gasteiger partial charge in [0.2, 0.25) is 5.91 Å². The molecule has 0 saturated carbocycles. The standard InChI is InChI=1S/C20H30N4O2/c1-2-21-20(23-15-17-8-6-14-26-17)22-12-5-10-19(25)24-13-11-16-7-3-4-9-18(16)24/h3-4,7,9,17H,2,5-6,8,10-15H2,1H3,(H2,21,22,23). The third-order valence-electron chi connectivity index (χ3n) is 4.87. The van der Waals surface area contributed by atoms with E-state index in [1.165, 1.54) is 5.56 Å². The molecule has 1 atom stereocenters. The molecule has 0 radical (unpaired) electrons. The Labute approximate surface area is 156 Å². The normalized spacial score (nSPS) is 19.5. The van der Waals surface area contributed by atoms with Gasteiger partial charge < -0.3 is 20.3 Å². The Bertz CT molecular complexity index is 626. The van der Waals surface area contributed by atoms with E-state index in [4.69, 9.17) is 4.74 Å². The van der Waals surface area contributed by atoms with E-state index >= 15 is 0 Å². The van der Waals surface area contributed by atoms with Gasteiger partial charge in [-0.3, -0.25) is 9.79 Å². The third-order valence-corrected chi connectivity index (χ3v) is 4.87. The first-order valence-electron chi connectivity index (χ1n) is 9.80. The molecule has 1 aromatic rings. The lowest BCUT2D eigenvalue weighted by molar-refractivity contribution is -0.118. The summed E-state index contributed by atoms with van der Waals surface area (Å²) in [5, 5.41) is 6.57. The number of anilines is 1. The number of nitrogens with one attached hydrogen (secondary N) is 2. The van der Waals surface area contributed by atoms with Gasteiger partial charge in [0.15, 0.2) is 5.96 Å². The summed E-state index contributed by atoms with van der Waals surface area (Å²) >= 11 is 0. The van der Waals surface area contributed by atoms with Crippen LogP contribution in [0.2, 0.25) is 0 Å². The van der Waals surface area contributed by atoms with Gasteiger partial charge in [0.25, 0.3) is 0 Å². The van der Waals surface area contributed by atoms with Gasteiger partial charge in [-0.15, -0.1) is 0 Å². The molecule has 3 rings (SSSR count). The second-order valence-corrected chi connectivity index (χ2v) is 6.81. The highest BCUT2D eigenvalue weighted by atomic mass is 16.5. The van der Waals surface area contributed by atoms with E-state index < -0.39 is 0 Å². The smallest absolute Gasteiger partial charge is 0.227 e.